The van der Waals surface area contributed by atoms with E-state index in [2.05, 4.69) is 31.2 Å². The van der Waals surface area contributed by atoms with Crippen LogP contribution in [0.1, 0.15) is 18.1 Å². The minimum Gasteiger partial charge on any atom is -0.490 e. The highest BCUT2D eigenvalue weighted by molar-refractivity contribution is 5.39. The fourth-order valence-electron chi connectivity index (χ4n) is 1.69. The average Bonchev–Trinajstić information content (AvgIpc) is 2.40. The molecule has 0 N–H and O–H groups in total. The maximum absolute atomic E-state index is 5.79. The molecule has 0 heterocycles. The van der Waals surface area contributed by atoms with E-state index in [1.807, 2.05) is 31.2 Å². The monoisotopic (exact) mass is 242 g/mol. The van der Waals surface area contributed by atoms with Crippen LogP contribution in [-0.2, 0) is 6.61 Å². The van der Waals surface area contributed by atoms with Crippen LogP contribution in [0.3, 0.4) is 0 Å². The van der Waals surface area contributed by atoms with E-state index in [1.165, 1.54) is 5.56 Å². The molecule has 0 radical (unpaired) electrons. The third-order valence-corrected chi connectivity index (χ3v) is 2.66. The zero-order chi connectivity index (χ0) is 12.8. The van der Waals surface area contributed by atoms with E-state index in [4.69, 9.17) is 9.47 Å². The molecule has 2 aromatic carbocycles. The van der Waals surface area contributed by atoms with Crippen LogP contribution in [0.25, 0.3) is 0 Å². The molecule has 0 saturated heterocycles. The van der Waals surface area contributed by atoms with Crippen molar-refractivity contribution >= 4 is 0 Å². The molecule has 0 saturated carbocycles. The molecular formula is C16H18O2. The number of hydrogen-bond acceptors (Lipinski definition) is 2. The molecular weight excluding hydrogens is 224 g/mol. The number of para-hydroxylation sites is 2. The first-order valence-electron chi connectivity index (χ1n) is 6.19. The first kappa shape index (κ1) is 12.5. The first-order valence-corrected chi connectivity index (χ1v) is 6.19. The van der Waals surface area contributed by atoms with Crippen molar-refractivity contribution in [3.63, 3.8) is 0 Å². The predicted octanol–water partition coefficient (Wildman–Crippen LogP) is 3.97. The lowest BCUT2D eigenvalue weighted by atomic mass is 10.2. The Hall–Kier alpha value is -1.96. The van der Waals surface area contributed by atoms with Crippen molar-refractivity contribution < 1.29 is 9.47 Å². The summed E-state index contributed by atoms with van der Waals surface area (Å²) in [7, 11) is 0. The molecule has 94 valence electrons. The van der Waals surface area contributed by atoms with Crippen LogP contribution in [0, 0.1) is 6.92 Å². The highest BCUT2D eigenvalue weighted by Gasteiger charge is 2.03. The van der Waals surface area contributed by atoms with Crippen LogP contribution in [-0.4, -0.2) is 6.61 Å². The van der Waals surface area contributed by atoms with E-state index in [1.54, 1.807) is 0 Å². The second kappa shape index (κ2) is 6.10. The third-order valence-electron chi connectivity index (χ3n) is 2.66. The summed E-state index contributed by atoms with van der Waals surface area (Å²) in [4.78, 5) is 0. The highest BCUT2D eigenvalue weighted by Crippen LogP contribution is 2.27. The van der Waals surface area contributed by atoms with Crippen molar-refractivity contribution in [2.75, 3.05) is 6.61 Å². The minimum atomic E-state index is 0.560. The van der Waals surface area contributed by atoms with Crippen LogP contribution in [0.5, 0.6) is 11.5 Å². The molecule has 0 aliphatic carbocycles. The Balaban J connectivity index is 2.03. The maximum Gasteiger partial charge on any atom is 0.161 e. The van der Waals surface area contributed by atoms with E-state index in [9.17, 15) is 0 Å². The van der Waals surface area contributed by atoms with E-state index < -0.39 is 0 Å². The molecule has 0 atom stereocenters. The molecule has 0 fully saturated rings. The number of hydrogen-bond donors (Lipinski definition) is 0. The Morgan fingerprint density at radius 1 is 0.833 bits per heavy atom. The first-order chi connectivity index (χ1) is 8.79. The van der Waals surface area contributed by atoms with Crippen molar-refractivity contribution in [1.82, 2.24) is 0 Å². The summed E-state index contributed by atoms with van der Waals surface area (Å²) < 4.78 is 11.3. The van der Waals surface area contributed by atoms with Gasteiger partial charge in [-0.1, -0.05) is 42.0 Å². The zero-order valence-corrected chi connectivity index (χ0v) is 10.8. The van der Waals surface area contributed by atoms with Gasteiger partial charge in [0.15, 0.2) is 11.5 Å². The summed E-state index contributed by atoms with van der Waals surface area (Å²) in [6.07, 6.45) is 0. The quantitative estimate of drug-likeness (QED) is 0.789. The van der Waals surface area contributed by atoms with Gasteiger partial charge >= 0.3 is 0 Å². The van der Waals surface area contributed by atoms with Crippen molar-refractivity contribution in [2.45, 2.75) is 20.5 Å². The van der Waals surface area contributed by atoms with Crippen LogP contribution in [0.4, 0.5) is 0 Å². The summed E-state index contributed by atoms with van der Waals surface area (Å²) in [5, 5.41) is 0. The molecule has 18 heavy (non-hydrogen) atoms. The topological polar surface area (TPSA) is 18.5 Å². The largest absolute Gasteiger partial charge is 0.490 e. The summed E-state index contributed by atoms with van der Waals surface area (Å²) >= 11 is 0. The van der Waals surface area contributed by atoms with Crippen molar-refractivity contribution in [3.05, 3.63) is 59.7 Å². The Bertz CT molecular complexity index is 489. The molecule has 2 heteroatoms. The van der Waals surface area contributed by atoms with Gasteiger partial charge in [0.2, 0.25) is 0 Å². The van der Waals surface area contributed by atoms with Gasteiger partial charge in [-0.05, 0) is 31.5 Å². The van der Waals surface area contributed by atoms with Gasteiger partial charge in [0.25, 0.3) is 0 Å². The van der Waals surface area contributed by atoms with Crippen molar-refractivity contribution in [1.29, 1.82) is 0 Å². The van der Waals surface area contributed by atoms with Crippen LogP contribution >= 0.6 is 0 Å². The Labute approximate surface area is 108 Å². The summed E-state index contributed by atoms with van der Waals surface area (Å²) in [6.45, 7) is 5.25. The molecule has 0 aromatic heterocycles. The van der Waals surface area contributed by atoms with Crippen LogP contribution in [0.2, 0.25) is 0 Å². The molecule has 2 rings (SSSR count). The standard InChI is InChI=1S/C16H18O2/c1-3-17-15-6-4-5-7-16(15)18-12-14-10-8-13(2)9-11-14/h4-11H,3,12H2,1-2H3. The molecule has 0 aliphatic heterocycles. The summed E-state index contributed by atoms with van der Waals surface area (Å²) in [5.41, 5.74) is 2.42. The Morgan fingerprint density at radius 3 is 2.06 bits per heavy atom. The van der Waals surface area contributed by atoms with Gasteiger partial charge in [0.1, 0.15) is 6.61 Å². The van der Waals surface area contributed by atoms with Gasteiger partial charge in [-0.3, -0.25) is 0 Å². The predicted molar refractivity (Wildman–Crippen MR) is 73.1 cm³/mol. The van der Waals surface area contributed by atoms with E-state index in [0.717, 1.165) is 17.1 Å². The van der Waals surface area contributed by atoms with Gasteiger partial charge < -0.3 is 9.47 Å². The van der Waals surface area contributed by atoms with Gasteiger partial charge in [0, 0.05) is 0 Å². The lowest BCUT2D eigenvalue weighted by molar-refractivity contribution is 0.269. The Morgan fingerprint density at radius 2 is 1.44 bits per heavy atom. The Kier molecular flexibility index (Phi) is 4.24. The van der Waals surface area contributed by atoms with E-state index >= 15 is 0 Å². The molecule has 0 bridgehead atoms. The average molecular weight is 242 g/mol. The van der Waals surface area contributed by atoms with E-state index in [-0.39, 0.29) is 0 Å². The van der Waals surface area contributed by atoms with Crippen molar-refractivity contribution in [3.8, 4) is 11.5 Å². The lowest BCUT2D eigenvalue weighted by Gasteiger charge is -2.11. The van der Waals surface area contributed by atoms with Gasteiger partial charge in [-0.25, -0.2) is 0 Å². The molecule has 0 amide bonds. The number of ether oxygens (including phenoxy) is 2. The van der Waals surface area contributed by atoms with E-state index in [0.29, 0.717) is 13.2 Å². The maximum atomic E-state index is 5.79. The molecule has 0 unspecified atom stereocenters. The van der Waals surface area contributed by atoms with Crippen molar-refractivity contribution in [2.24, 2.45) is 0 Å². The smallest absolute Gasteiger partial charge is 0.161 e. The van der Waals surface area contributed by atoms with Gasteiger partial charge in [0.05, 0.1) is 6.61 Å². The molecule has 0 aliphatic rings. The highest BCUT2D eigenvalue weighted by atomic mass is 16.5. The minimum absolute atomic E-state index is 0.560. The van der Waals surface area contributed by atoms with Gasteiger partial charge in [-0.15, -0.1) is 0 Å². The second-order valence-electron chi connectivity index (χ2n) is 4.15. The molecule has 2 aromatic rings. The third kappa shape index (κ3) is 3.27. The molecule has 0 spiro atoms. The number of benzene rings is 2. The summed E-state index contributed by atoms with van der Waals surface area (Å²) in [6, 6.07) is 16.1. The lowest BCUT2D eigenvalue weighted by Crippen LogP contribution is -1.99. The van der Waals surface area contributed by atoms with Crippen LogP contribution < -0.4 is 9.47 Å². The molecule has 2 nitrogen and oxygen atoms in total. The summed E-state index contributed by atoms with van der Waals surface area (Å²) in [5.74, 6) is 1.59. The fourth-order valence-corrected chi connectivity index (χ4v) is 1.69. The van der Waals surface area contributed by atoms with Gasteiger partial charge in [-0.2, -0.15) is 0 Å². The number of aryl methyl sites for hydroxylation is 1. The second-order valence-corrected chi connectivity index (χ2v) is 4.15. The van der Waals surface area contributed by atoms with Crippen LogP contribution in [0.15, 0.2) is 48.5 Å². The fraction of sp³-hybridized carbons (Fsp3) is 0.250. The SMILES string of the molecule is CCOc1ccccc1OCc1ccc(C)cc1. The number of rotatable bonds is 5. The normalized spacial score (nSPS) is 10.1. The zero-order valence-electron chi connectivity index (χ0n) is 10.8.